The molecule has 4 heteroatoms. The average molecular weight is 254 g/mol. The van der Waals surface area contributed by atoms with Gasteiger partial charge in [0.05, 0.1) is 24.7 Å². The molecule has 2 rings (SSSR count). The summed E-state index contributed by atoms with van der Waals surface area (Å²) in [5.41, 5.74) is 3.29. The molecule has 0 amide bonds. The Balaban J connectivity index is 1.94. The standard InChI is InChI=1S/C15H18N4/c1-2-11-19-15(8-10-18-19)12-17-14-5-3-13(4-6-14)7-9-16/h3-6,8,10,17H,2,7,11-12H2,1H3. The molecule has 1 aromatic carbocycles. The second kappa shape index (κ2) is 6.60. The number of hydrogen-bond donors (Lipinski definition) is 1. The normalized spacial score (nSPS) is 10.1. The highest BCUT2D eigenvalue weighted by molar-refractivity contribution is 5.45. The third-order valence-corrected chi connectivity index (χ3v) is 2.95. The van der Waals surface area contributed by atoms with Crippen molar-refractivity contribution in [1.82, 2.24) is 9.78 Å². The fourth-order valence-corrected chi connectivity index (χ4v) is 1.95. The van der Waals surface area contributed by atoms with E-state index >= 15 is 0 Å². The van der Waals surface area contributed by atoms with Gasteiger partial charge in [-0.1, -0.05) is 19.1 Å². The van der Waals surface area contributed by atoms with Crippen LogP contribution >= 0.6 is 0 Å². The summed E-state index contributed by atoms with van der Waals surface area (Å²) in [4.78, 5) is 0. The summed E-state index contributed by atoms with van der Waals surface area (Å²) in [6.07, 6.45) is 3.38. The molecule has 19 heavy (non-hydrogen) atoms. The van der Waals surface area contributed by atoms with E-state index in [1.165, 1.54) is 5.69 Å². The monoisotopic (exact) mass is 254 g/mol. The molecule has 0 spiro atoms. The second-order valence-corrected chi connectivity index (χ2v) is 4.43. The first-order valence-corrected chi connectivity index (χ1v) is 6.54. The van der Waals surface area contributed by atoms with Crippen molar-refractivity contribution in [3.05, 3.63) is 47.8 Å². The number of nitrogens with zero attached hydrogens (tertiary/aromatic N) is 3. The van der Waals surface area contributed by atoms with E-state index in [4.69, 9.17) is 5.26 Å². The van der Waals surface area contributed by atoms with Crippen molar-refractivity contribution in [2.75, 3.05) is 5.32 Å². The van der Waals surface area contributed by atoms with Gasteiger partial charge in [0.2, 0.25) is 0 Å². The van der Waals surface area contributed by atoms with Gasteiger partial charge in [0, 0.05) is 18.4 Å². The van der Waals surface area contributed by atoms with E-state index in [9.17, 15) is 0 Å². The van der Waals surface area contributed by atoms with Crippen LogP contribution in [0.15, 0.2) is 36.5 Å². The fraction of sp³-hybridized carbons (Fsp3) is 0.333. The Morgan fingerprint density at radius 2 is 2.05 bits per heavy atom. The van der Waals surface area contributed by atoms with E-state index in [-0.39, 0.29) is 0 Å². The van der Waals surface area contributed by atoms with Crippen LogP contribution < -0.4 is 5.32 Å². The maximum Gasteiger partial charge on any atom is 0.0669 e. The summed E-state index contributed by atoms with van der Waals surface area (Å²) < 4.78 is 2.02. The van der Waals surface area contributed by atoms with Gasteiger partial charge in [-0.25, -0.2) is 0 Å². The molecule has 98 valence electrons. The van der Waals surface area contributed by atoms with E-state index in [0.717, 1.165) is 30.8 Å². The lowest BCUT2D eigenvalue weighted by atomic mass is 10.1. The van der Waals surface area contributed by atoms with Gasteiger partial charge in [-0.2, -0.15) is 10.4 Å². The Kier molecular flexibility index (Phi) is 4.57. The van der Waals surface area contributed by atoms with Gasteiger partial charge in [0.25, 0.3) is 0 Å². The number of rotatable bonds is 6. The maximum absolute atomic E-state index is 8.62. The van der Waals surface area contributed by atoms with Crippen molar-refractivity contribution in [2.24, 2.45) is 0 Å². The lowest BCUT2D eigenvalue weighted by Crippen LogP contribution is -2.08. The Bertz CT molecular complexity index is 548. The molecule has 0 aliphatic rings. The van der Waals surface area contributed by atoms with Crippen molar-refractivity contribution in [1.29, 1.82) is 5.26 Å². The van der Waals surface area contributed by atoms with Crippen LogP contribution in [-0.4, -0.2) is 9.78 Å². The molecule has 4 nitrogen and oxygen atoms in total. The van der Waals surface area contributed by atoms with Gasteiger partial charge in [-0.15, -0.1) is 0 Å². The zero-order valence-electron chi connectivity index (χ0n) is 11.1. The van der Waals surface area contributed by atoms with Crippen LogP contribution in [0.25, 0.3) is 0 Å². The third-order valence-electron chi connectivity index (χ3n) is 2.95. The maximum atomic E-state index is 8.62. The highest BCUT2D eigenvalue weighted by Crippen LogP contribution is 2.11. The number of hydrogen-bond acceptors (Lipinski definition) is 3. The Labute approximate surface area is 113 Å². The summed E-state index contributed by atoms with van der Waals surface area (Å²) in [6, 6.07) is 12.2. The summed E-state index contributed by atoms with van der Waals surface area (Å²) in [7, 11) is 0. The largest absolute Gasteiger partial charge is 0.379 e. The van der Waals surface area contributed by atoms with Crippen LogP contribution in [0.5, 0.6) is 0 Å². The van der Waals surface area contributed by atoms with Crippen LogP contribution in [0, 0.1) is 11.3 Å². The molecule has 0 saturated carbocycles. The van der Waals surface area contributed by atoms with Crippen molar-refractivity contribution in [3.8, 4) is 6.07 Å². The molecule has 1 aromatic heterocycles. The van der Waals surface area contributed by atoms with Crippen LogP contribution in [0.4, 0.5) is 5.69 Å². The van der Waals surface area contributed by atoms with Crippen molar-refractivity contribution >= 4 is 5.69 Å². The Hall–Kier alpha value is -2.28. The fourth-order valence-electron chi connectivity index (χ4n) is 1.95. The molecule has 0 saturated heterocycles. The number of aromatic nitrogens is 2. The summed E-state index contributed by atoms with van der Waals surface area (Å²) in [5, 5.41) is 16.3. The molecule has 0 radical (unpaired) electrons. The molecule has 0 bridgehead atoms. The highest BCUT2D eigenvalue weighted by Gasteiger charge is 2.01. The zero-order chi connectivity index (χ0) is 13.5. The molecule has 0 fully saturated rings. The number of nitrogens with one attached hydrogen (secondary N) is 1. The molecule has 0 unspecified atom stereocenters. The van der Waals surface area contributed by atoms with Crippen LogP contribution in [-0.2, 0) is 19.5 Å². The van der Waals surface area contributed by atoms with Crippen LogP contribution in [0.2, 0.25) is 0 Å². The van der Waals surface area contributed by atoms with Gasteiger partial charge in [0.1, 0.15) is 0 Å². The van der Waals surface area contributed by atoms with E-state index < -0.39 is 0 Å². The van der Waals surface area contributed by atoms with Gasteiger partial charge < -0.3 is 5.32 Å². The molecule has 0 aliphatic carbocycles. The predicted molar refractivity (Wildman–Crippen MR) is 75.6 cm³/mol. The van der Waals surface area contributed by atoms with Crippen molar-refractivity contribution < 1.29 is 0 Å². The van der Waals surface area contributed by atoms with E-state index in [0.29, 0.717) is 6.42 Å². The molecule has 1 heterocycles. The topological polar surface area (TPSA) is 53.6 Å². The minimum Gasteiger partial charge on any atom is -0.379 e. The summed E-state index contributed by atoms with van der Waals surface area (Å²) in [6.45, 7) is 3.86. The molecule has 1 N–H and O–H groups in total. The zero-order valence-corrected chi connectivity index (χ0v) is 11.1. The Morgan fingerprint density at radius 1 is 1.26 bits per heavy atom. The molecule has 0 aliphatic heterocycles. The highest BCUT2D eigenvalue weighted by atomic mass is 15.3. The van der Waals surface area contributed by atoms with E-state index in [1.807, 2.05) is 41.2 Å². The quantitative estimate of drug-likeness (QED) is 0.862. The SMILES string of the molecule is CCCn1nccc1CNc1ccc(CC#N)cc1. The van der Waals surface area contributed by atoms with Gasteiger partial charge in [-0.3, -0.25) is 4.68 Å². The second-order valence-electron chi connectivity index (χ2n) is 4.43. The lowest BCUT2D eigenvalue weighted by Gasteiger charge is -2.09. The number of nitriles is 1. The molecular weight excluding hydrogens is 236 g/mol. The van der Waals surface area contributed by atoms with Crippen molar-refractivity contribution in [3.63, 3.8) is 0 Å². The first kappa shape index (κ1) is 13.2. The van der Waals surface area contributed by atoms with E-state index in [1.54, 1.807) is 0 Å². The van der Waals surface area contributed by atoms with Gasteiger partial charge in [-0.05, 0) is 30.2 Å². The van der Waals surface area contributed by atoms with Crippen LogP contribution in [0.1, 0.15) is 24.6 Å². The summed E-state index contributed by atoms with van der Waals surface area (Å²) >= 11 is 0. The minimum absolute atomic E-state index is 0.462. The first-order valence-electron chi connectivity index (χ1n) is 6.54. The predicted octanol–water partition coefficient (Wildman–Crippen LogP) is 2.97. The first-order chi connectivity index (χ1) is 9.33. The molecule has 0 atom stereocenters. The van der Waals surface area contributed by atoms with Gasteiger partial charge in [0.15, 0.2) is 0 Å². The smallest absolute Gasteiger partial charge is 0.0669 e. The minimum atomic E-state index is 0.462. The molecular formula is C15H18N4. The molecule has 2 aromatic rings. The van der Waals surface area contributed by atoms with Crippen molar-refractivity contribution in [2.45, 2.75) is 32.9 Å². The van der Waals surface area contributed by atoms with E-state index in [2.05, 4.69) is 23.4 Å². The number of anilines is 1. The third kappa shape index (κ3) is 3.59. The summed E-state index contributed by atoms with van der Waals surface area (Å²) in [5.74, 6) is 0. The van der Waals surface area contributed by atoms with Gasteiger partial charge >= 0.3 is 0 Å². The number of aryl methyl sites for hydroxylation is 1. The van der Waals surface area contributed by atoms with Crippen LogP contribution in [0.3, 0.4) is 0 Å². The number of benzene rings is 1. The average Bonchev–Trinajstić information content (AvgIpc) is 2.86. The lowest BCUT2D eigenvalue weighted by molar-refractivity contribution is 0.578. The Morgan fingerprint density at radius 3 is 2.74 bits per heavy atom.